The van der Waals surface area contributed by atoms with Gasteiger partial charge in [0.1, 0.15) is 0 Å². The summed E-state index contributed by atoms with van der Waals surface area (Å²) in [5.41, 5.74) is 1.98. The zero-order valence-electron chi connectivity index (χ0n) is 9.36. The molecule has 0 aromatic carbocycles. The Morgan fingerprint density at radius 2 is 2.13 bits per heavy atom. The van der Waals surface area contributed by atoms with Gasteiger partial charge in [-0.3, -0.25) is 9.48 Å². The minimum atomic E-state index is 0.232. The molecule has 0 N–H and O–H groups in total. The van der Waals surface area contributed by atoms with Gasteiger partial charge in [-0.15, -0.1) is 0 Å². The predicted octanol–water partition coefficient (Wildman–Crippen LogP) is 0.893. The van der Waals surface area contributed by atoms with Crippen LogP contribution in [0.25, 0.3) is 0 Å². The molecule has 0 unspecified atom stereocenters. The third-order valence-electron chi connectivity index (χ3n) is 2.89. The number of aromatic nitrogens is 2. The molecule has 4 nitrogen and oxygen atoms in total. The van der Waals surface area contributed by atoms with Crippen LogP contribution in [0.3, 0.4) is 0 Å². The second-order valence-electron chi connectivity index (χ2n) is 4.17. The van der Waals surface area contributed by atoms with Crippen molar-refractivity contribution in [2.75, 3.05) is 13.1 Å². The Morgan fingerprint density at radius 1 is 1.47 bits per heavy atom. The zero-order valence-corrected chi connectivity index (χ0v) is 9.36. The Bertz CT molecular complexity index is 364. The fraction of sp³-hybridized carbons (Fsp3) is 0.636. The number of carbonyl (C=O) groups is 1. The average molecular weight is 207 g/mol. The molecule has 2 rings (SSSR count). The van der Waals surface area contributed by atoms with Gasteiger partial charge in [-0.05, 0) is 25.8 Å². The second kappa shape index (κ2) is 4.04. The number of likely N-dealkylation sites (tertiary alicyclic amines) is 1. The fourth-order valence-corrected chi connectivity index (χ4v) is 2.06. The van der Waals surface area contributed by atoms with E-state index < -0.39 is 0 Å². The number of hydrogen-bond donors (Lipinski definition) is 0. The number of aryl methyl sites for hydroxylation is 2. The molecule has 1 aliphatic rings. The summed E-state index contributed by atoms with van der Waals surface area (Å²) < 4.78 is 1.79. The van der Waals surface area contributed by atoms with Crippen LogP contribution in [0, 0.1) is 6.92 Å². The van der Waals surface area contributed by atoms with E-state index in [1.807, 2.05) is 24.9 Å². The minimum absolute atomic E-state index is 0.232. The second-order valence-corrected chi connectivity index (χ2v) is 4.17. The van der Waals surface area contributed by atoms with E-state index in [4.69, 9.17) is 0 Å². The molecule has 1 aromatic heterocycles. The van der Waals surface area contributed by atoms with Crippen molar-refractivity contribution in [1.82, 2.24) is 14.7 Å². The average Bonchev–Trinajstić information content (AvgIpc) is 2.76. The third-order valence-corrected chi connectivity index (χ3v) is 2.89. The molecule has 2 heterocycles. The lowest BCUT2D eigenvalue weighted by atomic mass is 10.2. The van der Waals surface area contributed by atoms with Gasteiger partial charge in [0.2, 0.25) is 5.91 Å². The van der Waals surface area contributed by atoms with Crippen LogP contribution < -0.4 is 0 Å². The van der Waals surface area contributed by atoms with Gasteiger partial charge in [0.25, 0.3) is 0 Å². The van der Waals surface area contributed by atoms with E-state index >= 15 is 0 Å². The van der Waals surface area contributed by atoms with Crippen LogP contribution in [-0.4, -0.2) is 33.7 Å². The van der Waals surface area contributed by atoms with Crippen LogP contribution in [0.4, 0.5) is 0 Å². The molecule has 1 amide bonds. The summed E-state index contributed by atoms with van der Waals surface area (Å²) in [6.07, 6.45) is 2.78. The van der Waals surface area contributed by atoms with Crippen molar-refractivity contribution in [3.05, 3.63) is 17.5 Å². The molecule has 0 saturated carbocycles. The van der Waals surface area contributed by atoms with Gasteiger partial charge in [-0.25, -0.2) is 0 Å². The molecule has 82 valence electrons. The van der Waals surface area contributed by atoms with E-state index in [2.05, 4.69) is 5.10 Å². The van der Waals surface area contributed by atoms with Gasteiger partial charge in [0.15, 0.2) is 0 Å². The van der Waals surface area contributed by atoms with Gasteiger partial charge in [0.05, 0.1) is 12.1 Å². The third kappa shape index (κ3) is 2.19. The normalized spacial score (nSPS) is 16.0. The summed E-state index contributed by atoms with van der Waals surface area (Å²) in [4.78, 5) is 13.8. The Morgan fingerprint density at radius 3 is 2.67 bits per heavy atom. The topological polar surface area (TPSA) is 38.1 Å². The monoisotopic (exact) mass is 207 g/mol. The van der Waals surface area contributed by atoms with Gasteiger partial charge >= 0.3 is 0 Å². The number of amides is 1. The number of nitrogens with zero attached hydrogens (tertiary/aromatic N) is 3. The molecule has 1 aliphatic heterocycles. The highest BCUT2D eigenvalue weighted by Gasteiger charge is 2.19. The highest BCUT2D eigenvalue weighted by Crippen LogP contribution is 2.11. The van der Waals surface area contributed by atoms with Crippen molar-refractivity contribution in [3.8, 4) is 0 Å². The minimum Gasteiger partial charge on any atom is -0.342 e. The molecule has 0 spiro atoms. The van der Waals surface area contributed by atoms with E-state index in [0.717, 1.165) is 37.3 Å². The Labute approximate surface area is 89.9 Å². The van der Waals surface area contributed by atoms with Crippen LogP contribution in [0.5, 0.6) is 0 Å². The molecular formula is C11H17N3O. The number of carbonyl (C=O) groups excluding carboxylic acids is 1. The number of rotatable bonds is 2. The Hall–Kier alpha value is -1.32. The van der Waals surface area contributed by atoms with Crippen LogP contribution in [0.2, 0.25) is 0 Å². The maximum absolute atomic E-state index is 11.9. The first-order valence-corrected chi connectivity index (χ1v) is 5.44. The molecule has 0 radical (unpaired) electrons. The maximum atomic E-state index is 11.9. The van der Waals surface area contributed by atoms with Gasteiger partial charge in [-0.2, -0.15) is 5.10 Å². The quantitative estimate of drug-likeness (QED) is 0.722. The van der Waals surface area contributed by atoms with Crippen LogP contribution in [0.1, 0.15) is 24.2 Å². The SMILES string of the molecule is Cc1cc(CC(=O)N2CCCC2)n(C)n1. The van der Waals surface area contributed by atoms with Gasteiger partial charge < -0.3 is 4.90 Å². The lowest BCUT2D eigenvalue weighted by Gasteiger charge is -2.14. The Kier molecular flexibility index (Phi) is 2.75. The molecule has 1 aromatic rings. The lowest BCUT2D eigenvalue weighted by Crippen LogP contribution is -2.29. The molecule has 1 saturated heterocycles. The molecule has 0 atom stereocenters. The van der Waals surface area contributed by atoms with Crippen LogP contribution >= 0.6 is 0 Å². The molecule has 1 fully saturated rings. The van der Waals surface area contributed by atoms with Crippen molar-refractivity contribution in [1.29, 1.82) is 0 Å². The number of hydrogen-bond acceptors (Lipinski definition) is 2. The van der Waals surface area contributed by atoms with Crippen molar-refractivity contribution in [2.24, 2.45) is 7.05 Å². The van der Waals surface area contributed by atoms with E-state index in [1.165, 1.54) is 0 Å². The molecule has 4 heteroatoms. The van der Waals surface area contributed by atoms with E-state index in [-0.39, 0.29) is 5.91 Å². The summed E-state index contributed by atoms with van der Waals surface area (Å²) >= 11 is 0. The summed E-state index contributed by atoms with van der Waals surface area (Å²) in [7, 11) is 1.89. The largest absolute Gasteiger partial charge is 0.342 e. The molecular weight excluding hydrogens is 190 g/mol. The van der Waals surface area contributed by atoms with Crippen LogP contribution in [-0.2, 0) is 18.3 Å². The first-order chi connectivity index (χ1) is 7.16. The Balaban J connectivity index is 2.01. The lowest BCUT2D eigenvalue weighted by molar-refractivity contribution is -0.129. The summed E-state index contributed by atoms with van der Waals surface area (Å²) in [5.74, 6) is 0.232. The van der Waals surface area contributed by atoms with Gasteiger partial charge in [-0.1, -0.05) is 0 Å². The first kappa shape index (κ1) is 10.2. The van der Waals surface area contributed by atoms with E-state index in [9.17, 15) is 4.79 Å². The summed E-state index contributed by atoms with van der Waals surface area (Å²) in [6, 6.07) is 1.98. The van der Waals surface area contributed by atoms with Gasteiger partial charge in [0, 0.05) is 25.8 Å². The zero-order chi connectivity index (χ0) is 10.8. The van der Waals surface area contributed by atoms with Crippen molar-refractivity contribution in [3.63, 3.8) is 0 Å². The molecule has 15 heavy (non-hydrogen) atoms. The van der Waals surface area contributed by atoms with E-state index in [0.29, 0.717) is 6.42 Å². The van der Waals surface area contributed by atoms with Crippen LogP contribution in [0.15, 0.2) is 6.07 Å². The first-order valence-electron chi connectivity index (χ1n) is 5.44. The predicted molar refractivity (Wildman–Crippen MR) is 57.5 cm³/mol. The van der Waals surface area contributed by atoms with Crippen molar-refractivity contribution in [2.45, 2.75) is 26.2 Å². The standard InChI is InChI=1S/C11H17N3O/c1-9-7-10(13(2)12-9)8-11(15)14-5-3-4-6-14/h7H,3-6,8H2,1-2H3. The fourth-order valence-electron chi connectivity index (χ4n) is 2.06. The van der Waals surface area contributed by atoms with Crippen molar-refractivity contribution < 1.29 is 4.79 Å². The molecule has 0 aliphatic carbocycles. The highest BCUT2D eigenvalue weighted by molar-refractivity contribution is 5.78. The highest BCUT2D eigenvalue weighted by atomic mass is 16.2. The summed E-state index contributed by atoms with van der Waals surface area (Å²) in [6.45, 7) is 3.80. The summed E-state index contributed by atoms with van der Waals surface area (Å²) in [5, 5.41) is 4.24. The molecule has 0 bridgehead atoms. The van der Waals surface area contributed by atoms with Crippen molar-refractivity contribution >= 4 is 5.91 Å². The maximum Gasteiger partial charge on any atom is 0.228 e. The van der Waals surface area contributed by atoms with E-state index in [1.54, 1.807) is 4.68 Å². The smallest absolute Gasteiger partial charge is 0.228 e.